The number of aryl methyl sites for hydroxylation is 1. The maximum Gasteiger partial charge on any atom is 0.349 e. The van der Waals surface area contributed by atoms with Crippen LogP contribution in [0.15, 0.2) is 42.5 Å². The van der Waals surface area contributed by atoms with Crippen LogP contribution in [0.3, 0.4) is 0 Å². The van der Waals surface area contributed by atoms with Gasteiger partial charge in [0.25, 0.3) is 5.91 Å². The molecule has 2 aromatic carbocycles. The fourth-order valence-corrected chi connectivity index (χ4v) is 3.84. The molecule has 0 aliphatic rings. The van der Waals surface area contributed by atoms with E-state index in [1.807, 2.05) is 0 Å². The largest absolute Gasteiger partial charge is 0.451 e. The molecule has 27 heavy (non-hydrogen) atoms. The van der Waals surface area contributed by atoms with E-state index in [1.54, 1.807) is 37.3 Å². The highest BCUT2D eigenvalue weighted by Crippen LogP contribution is 2.32. The molecule has 0 fully saturated rings. The molecule has 3 rings (SSSR count). The van der Waals surface area contributed by atoms with E-state index >= 15 is 0 Å². The van der Waals surface area contributed by atoms with Crippen molar-refractivity contribution < 1.29 is 23.1 Å². The van der Waals surface area contributed by atoms with Crippen LogP contribution in [0.5, 0.6) is 0 Å². The minimum atomic E-state index is -0.680. The zero-order valence-corrected chi connectivity index (χ0v) is 15.6. The van der Waals surface area contributed by atoms with Gasteiger partial charge in [0.1, 0.15) is 16.5 Å². The number of ether oxygens (including phenoxy) is 1. The number of esters is 1. The van der Waals surface area contributed by atoms with E-state index in [0.717, 1.165) is 11.3 Å². The van der Waals surface area contributed by atoms with Crippen LogP contribution in [-0.2, 0) is 16.1 Å². The summed E-state index contributed by atoms with van der Waals surface area (Å²) < 4.78 is 33.4. The fraction of sp³-hybridized carbons (Fsp3) is 0.200. The van der Waals surface area contributed by atoms with Crippen LogP contribution in [0, 0.1) is 18.6 Å². The molecule has 0 N–H and O–H groups in total. The normalized spacial score (nSPS) is 10.8. The molecule has 3 aromatic rings. The molecule has 0 atom stereocenters. The number of nitrogens with zero attached hydrogens (tertiary/aromatic N) is 1. The summed E-state index contributed by atoms with van der Waals surface area (Å²) in [6, 6.07) is 10.8. The number of carbonyl (C=O) groups is 2. The van der Waals surface area contributed by atoms with Gasteiger partial charge in [0.2, 0.25) is 0 Å². The van der Waals surface area contributed by atoms with Crippen molar-refractivity contribution in [3.63, 3.8) is 0 Å². The van der Waals surface area contributed by atoms with Gasteiger partial charge < -0.3 is 9.64 Å². The van der Waals surface area contributed by atoms with Crippen LogP contribution in [0.1, 0.15) is 20.8 Å². The molecule has 0 saturated carbocycles. The van der Waals surface area contributed by atoms with E-state index in [4.69, 9.17) is 4.74 Å². The van der Waals surface area contributed by atoms with Crippen molar-refractivity contribution in [2.24, 2.45) is 0 Å². The van der Waals surface area contributed by atoms with Crippen LogP contribution in [0.2, 0.25) is 0 Å². The van der Waals surface area contributed by atoms with E-state index in [9.17, 15) is 18.4 Å². The Morgan fingerprint density at radius 1 is 1.07 bits per heavy atom. The van der Waals surface area contributed by atoms with Gasteiger partial charge in [0.15, 0.2) is 6.61 Å². The zero-order valence-electron chi connectivity index (χ0n) is 14.8. The Morgan fingerprint density at radius 3 is 2.48 bits per heavy atom. The van der Waals surface area contributed by atoms with E-state index in [-0.39, 0.29) is 11.4 Å². The number of halogens is 2. The average molecular weight is 389 g/mol. The number of hydrogen-bond acceptors (Lipinski definition) is 4. The maximum atomic E-state index is 13.9. The monoisotopic (exact) mass is 389 g/mol. The Balaban J connectivity index is 1.65. The van der Waals surface area contributed by atoms with Gasteiger partial charge >= 0.3 is 5.97 Å². The van der Waals surface area contributed by atoms with Crippen molar-refractivity contribution in [3.8, 4) is 0 Å². The lowest BCUT2D eigenvalue weighted by Gasteiger charge is -2.17. The maximum absolute atomic E-state index is 13.9. The number of carbonyl (C=O) groups excluding carboxylic acids is 2. The van der Waals surface area contributed by atoms with Crippen LogP contribution >= 0.6 is 11.3 Å². The first kappa shape index (κ1) is 19.0. The number of amides is 1. The Labute approximate surface area is 159 Å². The molecule has 0 aliphatic heterocycles. The highest BCUT2D eigenvalue weighted by Gasteiger charge is 2.21. The molecule has 0 radical (unpaired) electrons. The number of likely N-dealkylation sites (N-methyl/N-ethyl adjacent to an activating group) is 1. The second-order valence-corrected chi connectivity index (χ2v) is 7.14. The molecule has 1 amide bonds. The SMILES string of the molecule is Cc1c(C(=O)OCC(=O)N(C)Cc2ccccc2F)sc2cccc(F)c12. The van der Waals surface area contributed by atoms with Gasteiger partial charge in [-0.3, -0.25) is 4.79 Å². The number of fused-ring (bicyclic) bond motifs is 1. The van der Waals surface area contributed by atoms with Crippen molar-refractivity contribution in [2.75, 3.05) is 13.7 Å². The molecule has 1 heterocycles. The van der Waals surface area contributed by atoms with Gasteiger partial charge in [-0.25, -0.2) is 13.6 Å². The topological polar surface area (TPSA) is 46.6 Å². The lowest BCUT2D eigenvalue weighted by atomic mass is 10.1. The minimum absolute atomic E-state index is 0.0657. The van der Waals surface area contributed by atoms with Crippen molar-refractivity contribution >= 4 is 33.3 Å². The van der Waals surface area contributed by atoms with Gasteiger partial charge in [-0.05, 0) is 30.7 Å². The van der Waals surface area contributed by atoms with Gasteiger partial charge in [0.05, 0.1) is 0 Å². The Bertz CT molecular complexity index is 1020. The zero-order chi connectivity index (χ0) is 19.6. The molecule has 0 bridgehead atoms. The summed E-state index contributed by atoms with van der Waals surface area (Å²) in [4.78, 5) is 26.0. The summed E-state index contributed by atoms with van der Waals surface area (Å²) in [5, 5.41) is 0.387. The second kappa shape index (κ2) is 7.84. The van der Waals surface area contributed by atoms with Crippen molar-refractivity contribution in [1.29, 1.82) is 0 Å². The second-order valence-electron chi connectivity index (χ2n) is 6.09. The third kappa shape index (κ3) is 3.98. The Kier molecular flexibility index (Phi) is 5.51. The van der Waals surface area contributed by atoms with Crippen LogP contribution in [0.25, 0.3) is 10.1 Å². The Morgan fingerprint density at radius 2 is 1.78 bits per heavy atom. The lowest BCUT2D eigenvalue weighted by molar-refractivity contribution is -0.133. The average Bonchev–Trinajstić information content (AvgIpc) is 2.99. The molecular formula is C20H17F2NO3S. The van der Waals surface area contributed by atoms with Crippen LogP contribution in [0.4, 0.5) is 8.78 Å². The lowest BCUT2D eigenvalue weighted by Crippen LogP contribution is -2.31. The van der Waals surface area contributed by atoms with E-state index in [1.165, 1.54) is 24.1 Å². The first-order valence-electron chi connectivity index (χ1n) is 8.20. The van der Waals surface area contributed by atoms with Crippen LogP contribution in [-0.4, -0.2) is 30.4 Å². The number of hydrogen-bond donors (Lipinski definition) is 0. The molecule has 1 aromatic heterocycles. The van der Waals surface area contributed by atoms with Gasteiger partial charge in [0, 0.05) is 29.2 Å². The standard InChI is InChI=1S/C20H17F2NO3S/c1-12-18-15(22)8-5-9-16(18)27-19(12)20(25)26-11-17(24)23(2)10-13-6-3-4-7-14(13)21/h3-9H,10-11H2,1-2H3. The highest BCUT2D eigenvalue weighted by molar-refractivity contribution is 7.21. The molecule has 0 saturated heterocycles. The van der Waals surface area contributed by atoms with Crippen molar-refractivity contribution in [1.82, 2.24) is 4.90 Å². The summed E-state index contributed by atoms with van der Waals surface area (Å²) in [5.74, 6) is -1.95. The first-order chi connectivity index (χ1) is 12.9. The number of thiophene rings is 1. The van der Waals surface area contributed by atoms with E-state index in [0.29, 0.717) is 21.2 Å². The van der Waals surface area contributed by atoms with Crippen molar-refractivity contribution in [3.05, 3.63) is 70.1 Å². The van der Waals surface area contributed by atoms with Crippen LogP contribution < -0.4 is 0 Å². The molecule has 4 nitrogen and oxygen atoms in total. The van der Waals surface area contributed by atoms with Crippen molar-refractivity contribution in [2.45, 2.75) is 13.5 Å². The molecule has 140 valence electrons. The predicted molar refractivity (Wildman–Crippen MR) is 99.7 cm³/mol. The number of rotatable bonds is 5. The third-order valence-corrected chi connectivity index (χ3v) is 5.44. The molecule has 0 aliphatic carbocycles. The first-order valence-corrected chi connectivity index (χ1v) is 9.02. The van der Waals surface area contributed by atoms with Gasteiger partial charge in [-0.1, -0.05) is 24.3 Å². The Hall–Kier alpha value is -2.80. The summed E-state index contributed by atoms with van der Waals surface area (Å²) in [5.41, 5.74) is 0.862. The third-order valence-electron chi connectivity index (χ3n) is 4.21. The quantitative estimate of drug-likeness (QED) is 0.611. The summed E-state index contributed by atoms with van der Waals surface area (Å²) in [6.07, 6.45) is 0. The summed E-state index contributed by atoms with van der Waals surface area (Å²) in [6.45, 7) is 1.24. The summed E-state index contributed by atoms with van der Waals surface area (Å²) in [7, 11) is 1.50. The van der Waals surface area contributed by atoms with E-state index in [2.05, 4.69) is 0 Å². The van der Waals surface area contributed by atoms with E-state index < -0.39 is 30.1 Å². The molecular weight excluding hydrogens is 372 g/mol. The fourth-order valence-electron chi connectivity index (χ4n) is 2.72. The minimum Gasteiger partial charge on any atom is -0.451 e. The van der Waals surface area contributed by atoms with Gasteiger partial charge in [-0.2, -0.15) is 0 Å². The molecule has 7 heteroatoms. The molecule has 0 unspecified atom stereocenters. The predicted octanol–water partition coefficient (Wildman–Crippen LogP) is 4.30. The number of benzene rings is 2. The summed E-state index contributed by atoms with van der Waals surface area (Å²) >= 11 is 1.12. The van der Waals surface area contributed by atoms with Gasteiger partial charge in [-0.15, -0.1) is 11.3 Å². The highest BCUT2D eigenvalue weighted by atomic mass is 32.1. The molecule has 0 spiro atoms. The smallest absolute Gasteiger partial charge is 0.349 e.